The van der Waals surface area contributed by atoms with Crippen LogP contribution in [0.15, 0.2) is 73.3 Å². The van der Waals surface area contributed by atoms with Crippen molar-refractivity contribution < 1.29 is 0 Å². The summed E-state index contributed by atoms with van der Waals surface area (Å²) in [5.41, 5.74) is 2.62. The molecule has 0 heterocycles. The molecular formula is C17H19N. The van der Waals surface area contributed by atoms with Gasteiger partial charge in [0.1, 0.15) is 0 Å². The minimum absolute atomic E-state index is 0.337. The molecule has 1 nitrogen and oxygen atoms in total. The molecule has 0 aliphatic heterocycles. The lowest BCUT2D eigenvalue weighted by Crippen LogP contribution is -2.20. The number of rotatable bonds is 6. The number of benzene rings is 2. The normalized spacial score (nSPS) is 12.0. The standard InChI is InChI=1S/C17H19N/c1-2-9-17(16-12-7-4-8-13-16)18-14-15-10-5-3-6-11-15/h2-8,10-13,17-18H,1,9,14H2/t17-/m1/s1. The molecule has 92 valence electrons. The smallest absolute Gasteiger partial charge is 0.0357 e. The third kappa shape index (κ3) is 3.57. The minimum Gasteiger partial charge on any atom is -0.306 e. The highest BCUT2D eigenvalue weighted by Gasteiger charge is 2.08. The van der Waals surface area contributed by atoms with Gasteiger partial charge in [-0.15, -0.1) is 6.58 Å². The average Bonchev–Trinajstić information content (AvgIpc) is 2.45. The van der Waals surface area contributed by atoms with Gasteiger partial charge in [-0.2, -0.15) is 0 Å². The van der Waals surface area contributed by atoms with E-state index in [2.05, 4.69) is 60.4 Å². The Balaban J connectivity index is 2.01. The molecule has 2 rings (SSSR count). The summed E-state index contributed by atoms with van der Waals surface area (Å²) in [6.45, 7) is 4.72. The van der Waals surface area contributed by atoms with Gasteiger partial charge in [-0.3, -0.25) is 0 Å². The van der Waals surface area contributed by atoms with E-state index in [-0.39, 0.29) is 0 Å². The lowest BCUT2D eigenvalue weighted by Gasteiger charge is -2.17. The number of hydrogen-bond acceptors (Lipinski definition) is 1. The lowest BCUT2D eigenvalue weighted by molar-refractivity contribution is 0.539. The van der Waals surface area contributed by atoms with Crippen molar-refractivity contribution in [2.45, 2.75) is 19.0 Å². The zero-order valence-electron chi connectivity index (χ0n) is 10.5. The van der Waals surface area contributed by atoms with Gasteiger partial charge in [0.2, 0.25) is 0 Å². The maximum Gasteiger partial charge on any atom is 0.0357 e. The molecular weight excluding hydrogens is 218 g/mol. The SMILES string of the molecule is C=CC[C@@H](NCc1ccccc1)c1ccccc1. The topological polar surface area (TPSA) is 12.0 Å². The second-order valence-corrected chi connectivity index (χ2v) is 4.35. The van der Waals surface area contributed by atoms with Crippen LogP contribution in [0.5, 0.6) is 0 Å². The van der Waals surface area contributed by atoms with Crippen molar-refractivity contribution in [3.8, 4) is 0 Å². The van der Waals surface area contributed by atoms with Gasteiger partial charge in [0, 0.05) is 12.6 Å². The zero-order valence-corrected chi connectivity index (χ0v) is 10.5. The first kappa shape index (κ1) is 12.6. The van der Waals surface area contributed by atoms with Gasteiger partial charge in [0.25, 0.3) is 0 Å². The predicted octanol–water partition coefficient (Wildman–Crippen LogP) is 4.09. The molecule has 0 saturated heterocycles. The molecule has 0 saturated carbocycles. The first-order chi connectivity index (χ1) is 8.90. The molecule has 0 unspecified atom stereocenters. The molecule has 0 radical (unpaired) electrons. The van der Waals surface area contributed by atoms with Crippen LogP contribution < -0.4 is 5.32 Å². The van der Waals surface area contributed by atoms with Crippen molar-refractivity contribution in [1.29, 1.82) is 0 Å². The highest BCUT2D eigenvalue weighted by molar-refractivity contribution is 5.20. The van der Waals surface area contributed by atoms with Crippen LogP contribution in [0.3, 0.4) is 0 Å². The quantitative estimate of drug-likeness (QED) is 0.746. The maximum atomic E-state index is 3.84. The molecule has 0 bridgehead atoms. The summed E-state index contributed by atoms with van der Waals surface area (Å²) in [5, 5.41) is 3.58. The summed E-state index contributed by atoms with van der Waals surface area (Å²) in [6, 6.07) is 21.3. The predicted molar refractivity (Wildman–Crippen MR) is 77.3 cm³/mol. The van der Waals surface area contributed by atoms with Gasteiger partial charge in [0.05, 0.1) is 0 Å². The lowest BCUT2D eigenvalue weighted by atomic mass is 10.0. The van der Waals surface area contributed by atoms with Gasteiger partial charge in [0.15, 0.2) is 0 Å². The van der Waals surface area contributed by atoms with E-state index in [0.717, 1.165) is 13.0 Å². The van der Waals surface area contributed by atoms with Gasteiger partial charge < -0.3 is 5.32 Å². The van der Waals surface area contributed by atoms with Crippen molar-refractivity contribution in [2.75, 3.05) is 0 Å². The van der Waals surface area contributed by atoms with Crippen LogP contribution in [0.1, 0.15) is 23.6 Å². The third-order valence-electron chi connectivity index (χ3n) is 3.00. The fraction of sp³-hybridized carbons (Fsp3) is 0.176. The van der Waals surface area contributed by atoms with Gasteiger partial charge in [-0.1, -0.05) is 66.7 Å². The van der Waals surface area contributed by atoms with Crippen LogP contribution in [0, 0.1) is 0 Å². The summed E-state index contributed by atoms with van der Waals surface area (Å²) in [5.74, 6) is 0. The van der Waals surface area contributed by atoms with Crippen LogP contribution in [0.4, 0.5) is 0 Å². The largest absolute Gasteiger partial charge is 0.306 e. The monoisotopic (exact) mass is 237 g/mol. The molecule has 1 atom stereocenters. The molecule has 0 aliphatic rings. The van der Waals surface area contributed by atoms with E-state index in [1.165, 1.54) is 11.1 Å². The summed E-state index contributed by atoms with van der Waals surface area (Å²) >= 11 is 0. The first-order valence-electron chi connectivity index (χ1n) is 6.33. The van der Waals surface area contributed by atoms with Gasteiger partial charge >= 0.3 is 0 Å². The molecule has 18 heavy (non-hydrogen) atoms. The van der Waals surface area contributed by atoms with Crippen molar-refractivity contribution in [2.24, 2.45) is 0 Å². The van der Waals surface area contributed by atoms with Gasteiger partial charge in [-0.05, 0) is 17.5 Å². The summed E-state index contributed by atoms with van der Waals surface area (Å²) < 4.78 is 0. The van der Waals surface area contributed by atoms with Crippen LogP contribution in [-0.2, 0) is 6.54 Å². The Morgan fingerprint density at radius 1 is 0.944 bits per heavy atom. The highest BCUT2D eigenvalue weighted by atomic mass is 14.9. The van der Waals surface area contributed by atoms with Crippen LogP contribution >= 0.6 is 0 Å². The third-order valence-corrected chi connectivity index (χ3v) is 3.00. The Bertz CT molecular complexity index is 461. The van der Waals surface area contributed by atoms with Crippen molar-refractivity contribution in [3.63, 3.8) is 0 Å². The molecule has 2 aromatic rings. The summed E-state index contributed by atoms with van der Waals surface area (Å²) in [7, 11) is 0. The van der Waals surface area contributed by atoms with E-state index >= 15 is 0 Å². The molecule has 0 aliphatic carbocycles. The minimum atomic E-state index is 0.337. The van der Waals surface area contributed by atoms with E-state index in [0.29, 0.717) is 6.04 Å². The Kier molecular flexibility index (Phi) is 4.74. The Hall–Kier alpha value is -1.86. The van der Waals surface area contributed by atoms with Crippen LogP contribution in [0.2, 0.25) is 0 Å². The van der Waals surface area contributed by atoms with E-state index in [1.54, 1.807) is 0 Å². The fourth-order valence-electron chi connectivity index (χ4n) is 2.03. The second kappa shape index (κ2) is 6.77. The van der Waals surface area contributed by atoms with Gasteiger partial charge in [-0.25, -0.2) is 0 Å². The van der Waals surface area contributed by atoms with Crippen LogP contribution in [0.25, 0.3) is 0 Å². The van der Waals surface area contributed by atoms with Crippen molar-refractivity contribution in [3.05, 3.63) is 84.4 Å². The van der Waals surface area contributed by atoms with E-state index in [9.17, 15) is 0 Å². The number of nitrogens with one attached hydrogen (secondary N) is 1. The van der Waals surface area contributed by atoms with E-state index in [1.807, 2.05) is 18.2 Å². The fourth-order valence-corrected chi connectivity index (χ4v) is 2.03. The Morgan fingerprint density at radius 2 is 1.56 bits per heavy atom. The average molecular weight is 237 g/mol. The summed E-state index contributed by atoms with van der Waals surface area (Å²) in [4.78, 5) is 0. The zero-order chi connectivity index (χ0) is 12.6. The molecule has 0 spiro atoms. The van der Waals surface area contributed by atoms with E-state index in [4.69, 9.17) is 0 Å². The molecule has 2 aromatic carbocycles. The Morgan fingerprint density at radius 3 is 2.17 bits per heavy atom. The van der Waals surface area contributed by atoms with E-state index < -0.39 is 0 Å². The maximum absolute atomic E-state index is 3.84. The van der Waals surface area contributed by atoms with Crippen molar-refractivity contribution >= 4 is 0 Å². The van der Waals surface area contributed by atoms with Crippen LogP contribution in [-0.4, -0.2) is 0 Å². The number of hydrogen-bond donors (Lipinski definition) is 1. The molecule has 0 aromatic heterocycles. The molecule has 1 N–H and O–H groups in total. The Labute approximate surface area is 109 Å². The summed E-state index contributed by atoms with van der Waals surface area (Å²) in [6.07, 6.45) is 2.91. The molecule has 1 heteroatoms. The first-order valence-corrected chi connectivity index (χ1v) is 6.33. The second-order valence-electron chi connectivity index (χ2n) is 4.35. The highest BCUT2D eigenvalue weighted by Crippen LogP contribution is 2.17. The molecule has 0 fully saturated rings. The van der Waals surface area contributed by atoms with Crippen molar-refractivity contribution in [1.82, 2.24) is 5.32 Å². The molecule has 0 amide bonds.